The average molecular weight is 561 g/mol. The molecule has 4 atom stereocenters. The monoisotopic (exact) mass is 560 g/mol. The Bertz CT molecular complexity index is 1200. The van der Waals surface area contributed by atoms with Crippen LogP contribution >= 0.6 is 23.2 Å². The van der Waals surface area contributed by atoms with Gasteiger partial charge >= 0.3 is 12.1 Å². The zero-order chi connectivity index (χ0) is 27.2. The maximum Gasteiger partial charge on any atom is 0.433 e. The van der Waals surface area contributed by atoms with Gasteiger partial charge in [-0.25, -0.2) is 0 Å². The minimum atomic E-state index is -4.90. The van der Waals surface area contributed by atoms with Crippen LogP contribution in [0.1, 0.15) is 65.6 Å². The predicted octanol–water partition coefficient (Wildman–Crippen LogP) is 5.26. The highest BCUT2D eigenvalue weighted by atomic mass is 35.5. The van der Waals surface area contributed by atoms with Gasteiger partial charge in [-0.05, 0) is 37.0 Å². The highest BCUT2D eigenvalue weighted by Crippen LogP contribution is 2.61. The number of alkyl halides is 3. The average Bonchev–Trinajstić information content (AvgIpc) is 3.11. The molecule has 1 amide bonds. The molecule has 0 saturated heterocycles. The summed E-state index contributed by atoms with van der Waals surface area (Å²) in [5.41, 5.74) is -1.92. The topological polar surface area (TPSA) is 105 Å². The number of nitrogens with zero attached hydrogens (tertiary/aromatic N) is 4. The van der Waals surface area contributed by atoms with E-state index in [1.807, 2.05) is 13.8 Å². The van der Waals surface area contributed by atoms with E-state index in [1.165, 1.54) is 12.4 Å². The Hall–Kier alpha value is -2.66. The molecule has 0 aliphatic heterocycles. The van der Waals surface area contributed by atoms with Crippen LogP contribution in [0.5, 0.6) is 0 Å². The number of carbonyl (C=O) groups excluding carboxylic acids is 2. The smallest absolute Gasteiger partial charge is 0.433 e. The largest absolute Gasteiger partial charge is 0.481 e. The Morgan fingerprint density at radius 2 is 1.73 bits per heavy atom. The molecule has 2 fully saturated rings. The molecule has 0 radical (unpaired) electrons. The van der Waals surface area contributed by atoms with Crippen molar-refractivity contribution in [3.05, 3.63) is 45.5 Å². The molecule has 0 aromatic carbocycles. The van der Waals surface area contributed by atoms with Gasteiger partial charge in [0, 0.05) is 18.9 Å². The first-order valence-corrected chi connectivity index (χ1v) is 12.6. The second-order valence-corrected chi connectivity index (χ2v) is 10.8. The van der Waals surface area contributed by atoms with Crippen LogP contribution in [-0.4, -0.2) is 55.5 Å². The zero-order valence-corrected chi connectivity index (χ0v) is 21.5. The van der Waals surface area contributed by atoms with Gasteiger partial charge in [-0.3, -0.25) is 24.0 Å². The van der Waals surface area contributed by atoms with E-state index < -0.39 is 53.6 Å². The van der Waals surface area contributed by atoms with Crippen LogP contribution in [0.2, 0.25) is 10.0 Å². The quantitative estimate of drug-likeness (QED) is 0.419. The number of Topliss-reactive ketones (excluding diaryl/α,β-unsaturated/α-hetero) is 1. The minimum Gasteiger partial charge on any atom is -0.481 e. The van der Waals surface area contributed by atoms with Crippen molar-refractivity contribution in [3.8, 4) is 0 Å². The van der Waals surface area contributed by atoms with Crippen molar-refractivity contribution in [1.29, 1.82) is 0 Å². The number of fused-ring (bicyclic) bond motifs is 1. The number of hydrogen-bond acceptors (Lipinski definition) is 5. The van der Waals surface area contributed by atoms with E-state index in [9.17, 15) is 32.7 Å². The summed E-state index contributed by atoms with van der Waals surface area (Å²) >= 11 is 12.1. The SMILES string of the molecule is CC(C)CCN(CC(=O)c1c(Cl)cncc1Cl)C(=O)c1cnn(C2C[C@@H]3C(C(=O)O)[C@@H]3C2)c1C(F)(F)F. The van der Waals surface area contributed by atoms with Crippen molar-refractivity contribution in [1.82, 2.24) is 19.7 Å². The molecule has 8 nitrogen and oxygen atoms in total. The van der Waals surface area contributed by atoms with E-state index in [0.717, 1.165) is 15.8 Å². The van der Waals surface area contributed by atoms with Crippen LogP contribution in [0.3, 0.4) is 0 Å². The molecular formula is C24H25Cl2F3N4O4. The van der Waals surface area contributed by atoms with Gasteiger partial charge in [0.25, 0.3) is 5.91 Å². The van der Waals surface area contributed by atoms with E-state index in [4.69, 9.17) is 23.2 Å². The molecule has 2 saturated carbocycles. The lowest BCUT2D eigenvalue weighted by Gasteiger charge is -2.24. The molecule has 37 heavy (non-hydrogen) atoms. The fourth-order valence-electron chi connectivity index (χ4n) is 5.22. The fraction of sp³-hybridized carbons (Fsp3) is 0.542. The normalized spacial score (nSPS) is 22.7. The summed E-state index contributed by atoms with van der Waals surface area (Å²) in [6, 6.07) is -0.663. The maximum atomic E-state index is 14.2. The Kier molecular flexibility index (Phi) is 7.58. The lowest BCUT2D eigenvalue weighted by atomic mass is 10.1. The summed E-state index contributed by atoms with van der Waals surface area (Å²) in [5, 5.41) is 13.1. The molecule has 2 aliphatic rings. The summed E-state index contributed by atoms with van der Waals surface area (Å²) in [4.78, 5) is 42.6. The van der Waals surface area contributed by atoms with Crippen LogP contribution < -0.4 is 0 Å². The number of ketones is 1. The van der Waals surface area contributed by atoms with Gasteiger partial charge in [-0.15, -0.1) is 0 Å². The fourth-order valence-corrected chi connectivity index (χ4v) is 5.80. The zero-order valence-electron chi connectivity index (χ0n) is 20.0. The molecule has 2 aromatic rings. The molecule has 2 aromatic heterocycles. The number of hydrogen-bond donors (Lipinski definition) is 1. The van der Waals surface area contributed by atoms with Crippen molar-refractivity contribution in [2.75, 3.05) is 13.1 Å². The molecule has 2 aliphatic carbocycles. The number of amides is 1. The molecule has 2 heterocycles. The number of carbonyl (C=O) groups is 3. The summed E-state index contributed by atoms with van der Waals surface area (Å²) in [6.07, 6.45) is -0.658. The van der Waals surface area contributed by atoms with Gasteiger partial charge in [0.1, 0.15) is 0 Å². The molecule has 0 bridgehead atoms. The lowest BCUT2D eigenvalue weighted by Crippen LogP contribution is -2.38. The second kappa shape index (κ2) is 10.2. The van der Waals surface area contributed by atoms with Crippen LogP contribution in [0.4, 0.5) is 13.2 Å². The first-order valence-electron chi connectivity index (χ1n) is 11.8. The van der Waals surface area contributed by atoms with Gasteiger partial charge in [-0.2, -0.15) is 18.3 Å². The highest BCUT2D eigenvalue weighted by molar-refractivity contribution is 6.39. The third-order valence-corrected chi connectivity index (χ3v) is 7.65. The third kappa shape index (κ3) is 5.47. The van der Waals surface area contributed by atoms with Gasteiger partial charge in [-0.1, -0.05) is 37.0 Å². The van der Waals surface area contributed by atoms with Crippen molar-refractivity contribution in [2.24, 2.45) is 23.7 Å². The van der Waals surface area contributed by atoms with Gasteiger partial charge in [0.2, 0.25) is 0 Å². The Labute approximate surface area is 220 Å². The van der Waals surface area contributed by atoms with Crippen LogP contribution in [0.15, 0.2) is 18.6 Å². The van der Waals surface area contributed by atoms with Gasteiger partial charge < -0.3 is 10.0 Å². The first kappa shape index (κ1) is 27.4. The van der Waals surface area contributed by atoms with E-state index in [-0.39, 0.29) is 52.7 Å². The summed E-state index contributed by atoms with van der Waals surface area (Å²) in [7, 11) is 0. The van der Waals surface area contributed by atoms with Crippen molar-refractivity contribution >= 4 is 40.9 Å². The van der Waals surface area contributed by atoms with Crippen LogP contribution in [0, 0.1) is 23.7 Å². The number of carboxylic acids is 1. The first-order chi connectivity index (χ1) is 17.3. The number of halogens is 5. The third-order valence-electron chi connectivity index (χ3n) is 7.08. The number of pyridine rings is 1. The van der Waals surface area contributed by atoms with Crippen molar-refractivity contribution in [3.63, 3.8) is 0 Å². The maximum absolute atomic E-state index is 14.2. The molecule has 1 N–H and O–H groups in total. The summed E-state index contributed by atoms with van der Waals surface area (Å²) < 4.78 is 43.5. The summed E-state index contributed by atoms with van der Waals surface area (Å²) in [6.45, 7) is 3.26. The number of aliphatic carboxylic acids is 1. The molecule has 13 heteroatoms. The Morgan fingerprint density at radius 3 is 2.24 bits per heavy atom. The van der Waals surface area contributed by atoms with Crippen LogP contribution in [0.25, 0.3) is 0 Å². The van der Waals surface area contributed by atoms with E-state index >= 15 is 0 Å². The lowest BCUT2D eigenvalue weighted by molar-refractivity contribution is -0.146. The standard InChI is InChI=1S/C24H25Cl2F3N4O4/c1-11(2)3-4-32(10-18(34)20-16(25)8-30-9-17(20)26)22(35)15-7-31-33(21(15)24(27,28)29)12-5-13-14(6-12)19(13)23(36)37/h7-9,11-14,19H,3-6,10H2,1-2H3,(H,36,37)/t12?,13-,14+,19?. The minimum absolute atomic E-state index is 0.0267. The predicted molar refractivity (Wildman–Crippen MR) is 128 cm³/mol. The number of rotatable bonds is 9. The van der Waals surface area contributed by atoms with Gasteiger partial charge in [0.15, 0.2) is 11.5 Å². The van der Waals surface area contributed by atoms with Gasteiger partial charge in [0.05, 0.1) is 45.9 Å². The van der Waals surface area contributed by atoms with Crippen molar-refractivity contribution < 1.29 is 32.7 Å². The molecule has 0 spiro atoms. The number of carboxylic acid groups (broad SMARTS) is 1. The molecule has 4 rings (SSSR count). The van der Waals surface area contributed by atoms with Crippen molar-refractivity contribution in [2.45, 2.75) is 45.3 Å². The van der Waals surface area contributed by atoms with Crippen LogP contribution in [-0.2, 0) is 11.0 Å². The molecule has 2 unspecified atom stereocenters. The Balaban J connectivity index is 1.63. The summed E-state index contributed by atoms with van der Waals surface area (Å²) in [5.74, 6) is -3.38. The highest BCUT2D eigenvalue weighted by Gasteiger charge is 2.61. The van der Waals surface area contributed by atoms with E-state index in [0.29, 0.717) is 6.42 Å². The van der Waals surface area contributed by atoms with E-state index in [2.05, 4.69) is 10.1 Å². The second-order valence-electron chi connectivity index (χ2n) is 9.98. The molecule has 200 valence electrons. The Morgan fingerprint density at radius 1 is 1.14 bits per heavy atom. The van der Waals surface area contributed by atoms with E-state index in [1.54, 1.807) is 0 Å². The number of aromatic nitrogens is 3. The molecular weight excluding hydrogens is 536 g/mol.